The first-order valence-corrected chi connectivity index (χ1v) is 8.03. The smallest absolute Gasteiger partial charge is 0.191 e. The maximum Gasteiger partial charge on any atom is 0.191 e. The van der Waals surface area contributed by atoms with E-state index in [4.69, 9.17) is 0 Å². The lowest BCUT2D eigenvalue weighted by atomic mass is 10.1. The lowest BCUT2D eigenvalue weighted by Crippen LogP contribution is -2.39. The van der Waals surface area contributed by atoms with Gasteiger partial charge in [0.2, 0.25) is 0 Å². The van der Waals surface area contributed by atoms with Gasteiger partial charge in [0.15, 0.2) is 5.96 Å². The zero-order chi connectivity index (χ0) is 13.3. The fraction of sp³-hybridized carbons (Fsp3) is 0.909. The number of nitrogens with zero attached hydrogens (tertiary/aromatic N) is 1. The zero-order valence-electron chi connectivity index (χ0n) is 11.7. The molecule has 0 atom stereocenters. The quantitative estimate of drug-likeness (QED) is 0.297. The highest BCUT2D eigenvalue weighted by Gasteiger charge is 2.02. The summed E-state index contributed by atoms with van der Waals surface area (Å²) in [5.41, 5.74) is 0. The van der Waals surface area contributed by atoms with Gasteiger partial charge in [-0.15, -0.1) is 24.0 Å². The summed E-state index contributed by atoms with van der Waals surface area (Å²) in [6.45, 7) is 5.64. The summed E-state index contributed by atoms with van der Waals surface area (Å²) < 4.78 is 21.9. The van der Waals surface area contributed by atoms with Crippen LogP contribution >= 0.6 is 24.0 Å². The van der Waals surface area contributed by atoms with E-state index in [0.29, 0.717) is 18.4 Å². The highest BCUT2D eigenvalue weighted by atomic mass is 127. The van der Waals surface area contributed by atoms with Gasteiger partial charge in [-0.2, -0.15) is 0 Å². The van der Waals surface area contributed by atoms with Crippen molar-refractivity contribution >= 4 is 39.8 Å². The molecule has 0 aliphatic carbocycles. The summed E-state index contributed by atoms with van der Waals surface area (Å²) in [5, 5.41) is 6.13. The van der Waals surface area contributed by atoms with Gasteiger partial charge in [0.25, 0.3) is 0 Å². The predicted molar refractivity (Wildman–Crippen MR) is 88.6 cm³/mol. The first-order chi connectivity index (χ1) is 7.85. The standard InChI is InChI=1S/C11H25N3O2S.HI/c1-10(2)6-5-7-13-11(12-3)14-8-9-17(4,15)16;/h10H,5-9H2,1-4H3,(H2,12,13,14);1H. The van der Waals surface area contributed by atoms with E-state index in [9.17, 15) is 8.42 Å². The number of rotatable bonds is 7. The maximum absolute atomic E-state index is 10.9. The average molecular weight is 391 g/mol. The molecule has 0 radical (unpaired) electrons. The molecular weight excluding hydrogens is 365 g/mol. The first-order valence-electron chi connectivity index (χ1n) is 5.97. The summed E-state index contributed by atoms with van der Waals surface area (Å²) in [6, 6.07) is 0. The van der Waals surface area contributed by atoms with Crippen molar-refractivity contribution in [2.24, 2.45) is 10.9 Å². The van der Waals surface area contributed by atoms with Crippen LogP contribution in [-0.4, -0.2) is 46.5 Å². The van der Waals surface area contributed by atoms with Crippen LogP contribution in [0.2, 0.25) is 0 Å². The van der Waals surface area contributed by atoms with Gasteiger partial charge in [-0.25, -0.2) is 8.42 Å². The van der Waals surface area contributed by atoms with E-state index in [1.165, 1.54) is 12.7 Å². The van der Waals surface area contributed by atoms with Crippen molar-refractivity contribution in [1.82, 2.24) is 10.6 Å². The molecule has 110 valence electrons. The summed E-state index contributed by atoms with van der Waals surface area (Å²) in [4.78, 5) is 4.02. The van der Waals surface area contributed by atoms with Crippen LogP contribution in [-0.2, 0) is 9.84 Å². The molecule has 0 aliphatic rings. The predicted octanol–water partition coefficient (Wildman–Crippen LogP) is 1.25. The van der Waals surface area contributed by atoms with E-state index in [0.717, 1.165) is 13.0 Å². The summed E-state index contributed by atoms with van der Waals surface area (Å²) >= 11 is 0. The van der Waals surface area contributed by atoms with Crippen molar-refractivity contribution in [3.8, 4) is 0 Å². The third-order valence-electron chi connectivity index (χ3n) is 2.24. The van der Waals surface area contributed by atoms with Crippen molar-refractivity contribution < 1.29 is 8.42 Å². The molecule has 0 bridgehead atoms. The van der Waals surface area contributed by atoms with Crippen LogP contribution in [0.25, 0.3) is 0 Å². The molecular formula is C11H26IN3O2S. The number of sulfone groups is 1. The third-order valence-corrected chi connectivity index (χ3v) is 3.19. The molecule has 0 aromatic rings. The van der Waals surface area contributed by atoms with E-state index in [1.54, 1.807) is 7.05 Å². The van der Waals surface area contributed by atoms with Gasteiger partial charge >= 0.3 is 0 Å². The second kappa shape index (κ2) is 10.8. The number of halogens is 1. The normalized spacial score (nSPS) is 12.2. The molecule has 2 N–H and O–H groups in total. The Morgan fingerprint density at radius 2 is 1.78 bits per heavy atom. The highest BCUT2D eigenvalue weighted by Crippen LogP contribution is 2.01. The van der Waals surface area contributed by atoms with Crippen molar-refractivity contribution in [2.75, 3.05) is 32.1 Å². The molecule has 0 aromatic carbocycles. The third kappa shape index (κ3) is 14.0. The van der Waals surface area contributed by atoms with Crippen LogP contribution < -0.4 is 10.6 Å². The van der Waals surface area contributed by atoms with Crippen LogP contribution in [0, 0.1) is 5.92 Å². The average Bonchev–Trinajstić information content (AvgIpc) is 2.19. The van der Waals surface area contributed by atoms with E-state index in [2.05, 4.69) is 29.5 Å². The zero-order valence-corrected chi connectivity index (χ0v) is 14.8. The van der Waals surface area contributed by atoms with E-state index in [-0.39, 0.29) is 29.7 Å². The molecule has 0 unspecified atom stereocenters. The van der Waals surface area contributed by atoms with Crippen LogP contribution in [0.15, 0.2) is 4.99 Å². The Labute approximate surface area is 128 Å². The van der Waals surface area contributed by atoms with Gasteiger partial charge in [0, 0.05) is 26.4 Å². The molecule has 18 heavy (non-hydrogen) atoms. The number of aliphatic imine (C=N–C) groups is 1. The largest absolute Gasteiger partial charge is 0.356 e. The van der Waals surface area contributed by atoms with E-state index >= 15 is 0 Å². The van der Waals surface area contributed by atoms with Crippen molar-refractivity contribution in [2.45, 2.75) is 26.7 Å². The fourth-order valence-corrected chi connectivity index (χ4v) is 1.77. The number of guanidine groups is 1. The minimum absolute atomic E-state index is 0. The SMILES string of the molecule is CN=C(NCCCC(C)C)NCCS(C)(=O)=O.I. The Kier molecular flexibility index (Phi) is 12.2. The lowest BCUT2D eigenvalue weighted by molar-refractivity contribution is 0.549. The van der Waals surface area contributed by atoms with Gasteiger partial charge in [-0.1, -0.05) is 13.8 Å². The topological polar surface area (TPSA) is 70.6 Å². The molecule has 0 aromatic heterocycles. The van der Waals surface area contributed by atoms with Gasteiger partial charge < -0.3 is 10.6 Å². The van der Waals surface area contributed by atoms with Gasteiger partial charge in [0.05, 0.1) is 5.75 Å². The molecule has 7 heteroatoms. The summed E-state index contributed by atoms with van der Waals surface area (Å²) in [6.07, 6.45) is 3.49. The molecule has 5 nitrogen and oxygen atoms in total. The molecule has 0 rings (SSSR count). The maximum atomic E-state index is 10.9. The van der Waals surface area contributed by atoms with Gasteiger partial charge in [-0.3, -0.25) is 4.99 Å². The Balaban J connectivity index is 0. The Hall–Kier alpha value is -0.0500. The summed E-state index contributed by atoms with van der Waals surface area (Å²) in [7, 11) is -1.23. The van der Waals surface area contributed by atoms with Crippen LogP contribution in [0.5, 0.6) is 0 Å². The number of hydrogen-bond acceptors (Lipinski definition) is 3. The minimum Gasteiger partial charge on any atom is -0.356 e. The number of hydrogen-bond donors (Lipinski definition) is 2. The van der Waals surface area contributed by atoms with Crippen LogP contribution in [0.4, 0.5) is 0 Å². The lowest BCUT2D eigenvalue weighted by Gasteiger charge is -2.11. The van der Waals surface area contributed by atoms with Gasteiger partial charge in [0.1, 0.15) is 9.84 Å². The number of nitrogens with one attached hydrogen (secondary N) is 2. The Bertz CT molecular complexity index is 329. The Morgan fingerprint density at radius 1 is 1.22 bits per heavy atom. The van der Waals surface area contributed by atoms with Crippen LogP contribution in [0.3, 0.4) is 0 Å². The molecule has 0 aliphatic heterocycles. The second-order valence-electron chi connectivity index (χ2n) is 4.59. The minimum atomic E-state index is -2.91. The molecule has 0 heterocycles. The molecule has 0 fully saturated rings. The highest BCUT2D eigenvalue weighted by molar-refractivity contribution is 14.0. The summed E-state index contributed by atoms with van der Waals surface area (Å²) in [5.74, 6) is 1.49. The fourth-order valence-electron chi connectivity index (χ4n) is 1.29. The monoisotopic (exact) mass is 391 g/mol. The van der Waals surface area contributed by atoms with E-state index < -0.39 is 9.84 Å². The van der Waals surface area contributed by atoms with Gasteiger partial charge in [-0.05, 0) is 18.8 Å². The Morgan fingerprint density at radius 3 is 2.22 bits per heavy atom. The van der Waals surface area contributed by atoms with E-state index in [1.807, 2.05) is 0 Å². The molecule has 0 spiro atoms. The molecule has 0 saturated carbocycles. The van der Waals surface area contributed by atoms with Crippen molar-refractivity contribution in [3.05, 3.63) is 0 Å². The van der Waals surface area contributed by atoms with Crippen molar-refractivity contribution in [3.63, 3.8) is 0 Å². The first kappa shape index (κ1) is 20.3. The molecule has 0 saturated heterocycles. The molecule has 0 amide bonds. The van der Waals surface area contributed by atoms with Crippen LogP contribution in [0.1, 0.15) is 26.7 Å². The second-order valence-corrected chi connectivity index (χ2v) is 6.85. The van der Waals surface area contributed by atoms with Crippen molar-refractivity contribution in [1.29, 1.82) is 0 Å².